The van der Waals surface area contributed by atoms with Crippen LogP contribution in [0.5, 0.6) is 0 Å². The van der Waals surface area contributed by atoms with Crippen molar-refractivity contribution in [2.24, 2.45) is 0 Å². The van der Waals surface area contributed by atoms with Crippen LogP contribution in [0.2, 0.25) is 0 Å². The first-order chi connectivity index (χ1) is 23.7. The van der Waals surface area contributed by atoms with E-state index in [2.05, 4.69) is 41.3 Å². The minimum atomic E-state index is -0.563. The molecule has 0 aliphatic carbocycles. The Kier molecular flexibility index (Phi) is 9.68. The molecule has 50 heavy (non-hydrogen) atoms. The van der Waals surface area contributed by atoms with E-state index in [9.17, 15) is 14.4 Å². The standard InChI is InChI=1S/C37H47N9O4/c1-36(2,3)27-13-9-25(10-14-27)32(47)40-29-8-7-18-45(24-29)34-41-30(31-38-17-19-46(31)42-34)39-28-15-11-26(12-16-28)33(48)43-20-22-44(23-21-43)35(49)50-37(4,5)6/h9-17,19,29H,7-8,18,20-24H2,1-6H3,(H,40,47)(H,39,41,42)/t29-/m1/s1. The molecule has 264 valence electrons. The third kappa shape index (κ3) is 8.15. The summed E-state index contributed by atoms with van der Waals surface area (Å²) in [5, 5.41) is 11.3. The highest BCUT2D eigenvalue weighted by molar-refractivity contribution is 5.95. The Morgan fingerprint density at radius 2 is 1.50 bits per heavy atom. The highest BCUT2D eigenvalue weighted by atomic mass is 16.6. The van der Waals surface area contributed by atoms with E-state index in [1.54, 1.807) is 38.8 Å². The van der Waals surface area contributed by atoms with Crippen molar-refractivity contribution in [1.29, 1.82) is 0 Å². The van der Waals surface area contributed by atoms with Gasteiger partial charge < -0.3 is 30.1 Å². The Hall–Kier alpha value is -5.20. The maximum absolute atomic E-state index is 13.3. The lowest BCUT2D eigenvalue weighted by Crippen LogP contribution is -2.51. The summed E-state index contributed by atoms with van der Waals surface area (Å²) in [4.78, 5) is 53.6. The molecule has 2 aromatic carbocycles. The van der Waals surface area contributed by atoms with Crippen molar-refractivity contribution in [3.63, 3.8) is 0 Å². The minimum Gasteiger partial charge on any atom is -0.444 e. The second kappa shape index (κ2) is 14.0. The lowest BCUT2D eigenvalue weighted by atomic mass is 9.86. The Labute approximate surface area is 293 Å². The first kappa shape index (κ1) is 34.7. The summed E-state index contributed by atoms with van der Waals surface area (Å²) in [6.07, 6.45) is 4.84. The van der Waals surface area contributed by atoms with Crippen molar-refractivity contribution in [3.05, 3.63) is 77.6 Å². The predicted molar refractivity (Wildman–Crippen MR) is 192 cm³/mol. The molecule has 2 saturated heterocycles. The summed E-state index contributed by atoms with van der Waals surface area (Å²) in [5.41, 5.74) is 3.16. The van der Waals surface area contributed by atoms with Gasteiger partial charge in [0, 0.05) is 74.5 Å². The number of nitrogens with zero attached hydrogens (tertiary/aromatic N) is 7. The molecule has 2 N–H and O–H groups in total. The number of carbonyl (C=O) groups excluding carboxylic acids is 3. The van der Waals surface area contributed by atoms with Gasteiger partial charge in [0.25, 0.3) is 11.8 Å². The monoisotopic (exact) mass is 681 g/mol. The number of nitrogens with one attached hydrogen (secondary N) is 2. The van der Waals surface area contributed by atoms with Crippen LogP contribution in [-0.2, 0) is 10.2 Å². The molecule has 4 aromatic rings. The quantitative estimate of drug-likeness (QED) is 0.279. The molecule has 2 aromatic heterocycles. The zero-order valence-electron chi connectivity index (χ0n) is 29.8. The molecular weight excluding hydrogens is 634 g/mol. The lowest BCUT2D eigenvalue weighted by molar-refractivity contribution is 0.0141. The number of fused-ring (bicyclic) bond motifs is 1. The second-order valence-electron chi connectivity index (χ2n) is 15.0. The molecule has 0 bridgehead atoms. The molecule has 1 atom stereocenters. The Bertz CT molecular complexity index is 1830. The number of imidazole rings is 1. The predicted octanol–water partition coefficient (Wildman–Crippen LogP) is 5.26. The van der Waals surface area contributed by atoms with E-state index >= 15 is 0 Å². The number of hydrogen-bond donors (Lipinski definition) is 2. The third-order valence-corrected chi connectivity index (χ3v) is 8.91. The van der Waals surface area contributed by atoms with Gasteiger partial charge in [-0.05, 0) is 81.0 Å². The normalized spacial score (nSPS) is 17.1. The first-order valence-corrected chi connectivity index (χ1v) is 17.3. The number of piperazine rings is 1. The number of rotatable bonds is 6. The van der Waals surface area contributed by atoms with Gasteiger partial charge in [0.05, 0.1) is 0 Å². The van der Waals surface area contributed by atoms with E-state index in [-0.39, 0.29) is 29.4 Å². The first-order valence-electron chi connectivity index (χ1n) is 17.3. The molecule has 13 heteroatoms. The van der Waals surface area contributed by atoms with Gasteiger partial charge in [-0.1, -0.05) is 32.9 Å². The van der Waals surface area contributed by atoms with Gasteiger partial charge in [-0.25, -0.2) is 14.3 Å². The molecule has 0 spiro atoms. The Morgan fingerprint density at radius 1 is 0.840 bits per heavy atom. The van der Waals surface area contributed by atoms with Gasteiger partial charge in [0.1, 0.15) is 5.60 Å². The van der Waals surface area contributed by atoms with Gasteiger partial charge in [0.2, 0.25) is 5.95 Å². The summed E-state index contributed by atoms with van der Waals surface area (Å²) in [6, 6.07) is 15.0. The molecule has 4 heterocycles. The average Bonchev–Trinajstić information content (AvgIpc) is 3.57. The van der Waals surface area contributed by atoms with Gasteiger partial charge in [-0.2, -0.15) is 4.98 Å². The smallest absolute Gasteiger partial charge is 0.410 e. The molecule has 2 fully saturated rings. The molecule has 2 aliphatic heterocycles. The van der Waals surface area contributed by atoms with Crippen LogP contribution in [0.25, 0.3) is 5.65 Å². The minimum absolute atomic E-state index is 0.0224. The molecule has 6 rings (SSSR count). The molecule has 0 unspecified atom stereocenters. The van der Waals surface area contributed by atoms with Crippen molar-refractivity contribution < 1.29 is 19.1 Å². The number of aromatic nitrogens is 4. The number of hydrogen-bond acceptors (Lipinski definition) is 9. The van der Waals surface area contributed by atoms with Crippen LogP contribution in [0.15, 0.2) is 60.9 Å². The summed E-state index contributed by atoms with van der Waals surface area (Å²) < 4.78 is 7.16. The van der Waals surface area contributed by atoms with Gasteiger partial charge >= 0.3 is 6.09 Å². The number of carbonyl (C=O) groups is 3. The molecular formula is C37H47N9O4. The van der Waals surface area contributed by atoms with Crippen LogP contribution in [-0.4, -0.2) is 98.2 Å². The van der Waals surface area contributed by atoms with E-state index in [0.717, 1.165) is 25.1 Å². The van der Waals surface area contributed by atoms with Gasteiger partial charge in [-0.15, -0.1) is 5.10 Å². The number of benzene rings is 2. The van der Waals surface area contributed by atoms with E-state index < -0.39 is 5.60 Å². The third-order valence-electron chi connectivity index (χ3n) is 8.91. The fraction of sp³-hybridized carbons (Fsp3) is 0.459. The number of anilines is 3. The average molecular weight is 682 g/mol. The van der Waals surface area contributed by atoms with Gasteiger partial charge in [0.15, 0.2) is 11.5 Å². The number of amides is 3. The fourth-order valence-corrected chi connectivity index (χ4v) is 6.13. The van der Waals surface area contributed by atoms with Crippen LogP contribution < -0.4 is 15.5 Å². The molecule has 0 saturated carbocycles. The van der Waals surface area contributed by atoms with Crippen molar-refractivity contribution in [2.75, 3.05) is 49.5 Å². The van der Waals surface area contributed by atoms with Crippen LogP contribution in [0.4, 0.5) is 22.2 Å². The highest BCUT2D eigenvalue weighted by Crippen LogP contribution is 2.25. The number of piperidine rings is 1. The van der Waals surface area contributed by atoms with Crippen molar-refractivity contribution in [3.8, 4) is 0 Å². The number of ether oxygens (including phenoxy) is 1. The van der Waals surface area contributed by atoms with Crippen LogP contribution in [0.1, 0.15) is 80.7 Å². The van der Waals surface area contributed by atoms with E-state index in [0.29, 0.717) is 61.3 Å². The summed E-state index contributed by atoms with van der Waals surface area (Å²) in [5.74, 6) is 0.885. The molecule has 13 nitrogen and oxygen atoms in total. The molecule has 3 amide bonds. The largest absolute Gasteiger partial charge is 0.444 e. The summed E-state index contributed by atoms with van der Waals surface area (Å²) >= 11 is 0. The Balaban J connectivity index is 1.09. The second-order valence-corrected chi connectivity index (χ2v) is 15.0. The maximum Gasteiger partial charge on any atom is 0.410 e. The van der Waals surface area contributed by atoms with Crippen molar-refractivity contribution >= 4 is 41.0 Å². The maximum atomic E-state index is 13.3. The van der Waals surface area contributed by atoms with E-state index in [4.69, 9.17) is 14.8 Å². The van der Waals surface area contributed by atoms with E-state index in [1.807, 2.05) is 57.2 Å². The van der Waals surface area contributed by atoms with Crippen LogP contribution in [0, 0.1) is 0 Å². The summed E-state index contributed by atoms with van der Waals surface area (Å²) in [6.45, 7) is 15.0. The highest BCUT2D eigenvalue weighted by Gasteiger charge is 2.29. The zero-order valence-corrected chi connectivity index (χ0v) is 29.8. The summed E-state index contributed by atoms with van der Waals surface area (Å²) in [7, 11) is 0. The van der Waals surface area contributed by atoms with E-state index in [1.165, 1.54) is 5.56 Å². The topological polar surface area (TPSA) is 137 Å². The van der Waals surface area contributed by atoms with Crippen molar-refractivity contribution in [2.45, 2.75) is 71.4 Å². The molecule has 0 radical (unpaired) electrons. The molecule has 2 aliphatic rings. The van der Waals surface area contributed by atoms with Crippen LogP contribution >= 0.6 is 0 Å². The fourth-order valence-electron chi connectivity index (χ4n) is 6.13. The zero-order chi connectivity index (χ0) is 35.6. The Morgan fingerprint density at radius 3 is 2.16 bits per heavy atom. The van der Waals surface area contributed by atoms with Crippen molar-refractivity contribution in [1.82, 2.24) is 34.7 Å². The lowest BCUT2D eigenvalue weighted by Gasteiger charge is -2.35. The van der Waals surface area contributed by atoms with Crippen LogP contribution in [0.3, 0.4) is 0 Å². The van der Waals surface area contributed by atoms with Gasteiger partial charge in [-0.3, -0.25) is 9.59 Å². The SMILES string of the molecule is CC(C)(C)OC(=O)N1CCN(C(=O)c2ccc(Nc3nc(N4CCC[C@@H](NC(=O)c5ccc(C(C)(C)C)cc5)C4)nn4ccnc34)cc2)CC1.